The molecule has 0 aliphatic carbocycles. The number of carbonyl (C=O) groups excluding carboxylic acids is 1. The van der Waals surface area contributed by atoms with Gasteiger partial charge in [-0.05, 0) is 59.2 Å². The molecule has 33 heavy (non-hydrogen) atoms. The van der Waals surface area contributed by atoms with Crippen molar-refractivity contribution in [2.75, 3.05) is 19.6 Å². The van der Waals surface area contributed by atoms with E-state index >= 15 is 0 Å². The molecule has 1 aliphatic heterocycles. The van der Waals surface area contributed by atoms with Gasteiger partial charge in [-0.2, -0.15) is 4.31 Å². The fraction of sp³-hybridized carbons (Fsp3) is 0.320. The highest BCUT2D eigenvalue weighted by atomic mass is 79.9. The van der Waals surface area contributed by atoms with E-state index in [-0.39, 0.29) is 35.9 Å². The highest BCUT2D eigenvalue weighted by Crippen LogP contribution is 2.38. The smallest absolute Gasteiger partial charge is 0.243 e. The summed E-state index contributed by atoms with van der Waals surface area (Å²) in [6.07, 6.45) is 0.783. The van der Waals surface area contributed by atoms with E-state index in [4.69, 9.17) is 0 Å². The molecule has 0 saturated carbocycles. The summed E-state index contributed by atoms with van der Waals surface area (Å²) < 4.78 is 29.0. The van der Waals surface area contributed by atoms with E-state index < -0.39 is 10.0 Å². The highest BCUT2D eigenvalue weighted by Gasteiger charge is 2.35. The minimum Gasteiger partial charge on any atom is -0.330 e. The van der Waals surface area contributed by atoms with Crippen LogP contribution < -0.4 is 0 Å². The Balaban J connectivity index is 1.65. The van der Waals surface area contributed by atoms with Gasteiger partial charge in [0.2, 0.25) is 15.9 Å². The Bertz CT molecular complexity index is 1210. The molecule has 174 valence electrons. The third-order valence-electron chi connectivity index (χ3n) is 5.73. The second-order valence-corrected chi connectivity index (χ2v) is 12.4. The van der Waals surface area contributed by atoms with Crippen LogP contribution in [0.2, 0.25) is 0 Å². The van der Waals surface area contributed by atoms with E-state index in [0.717, 1.165) is 22.0 Å². The van der Waals surface area contributed by atoms with Gasteiger partial charge in [0.1, 0.15) is 0 Å². The Hall–Kier alpha value is -2.00. The second kappa shape index (κ2) is 10.1. The van der Waals surface area contributed by atoms with Crippen molar-refractivity contribution in [3.8, 4) is 0 Å². The molecule has 8 heteroatoms. The van der Waals surface area contributed by atoms with Crippen LogP contribution in [0, 0.1) is 5.92 Å². The predicted molar refractivity (Wildman–Crippen MR) is 136 cm³/mol. The number of fused-ring (bicyclic) bond motifs is 1. The van der Waals surface area contributed by atoms with Crippen molar-refractivity contribution < 1.29 is 13.2 Å². The highest BCUT2D eigenvalue weighted by molar-refractivity contribution is 9.10. The van der Waals surface area contributed by atoms with Crippen LogP contribution in [0.5, 0.6) is 0 Å². The van der Waals surface area contributed by atoms with Gasteiger partial charge < -0.3 is 4.90 Å². The van der Waals surface area contributed by atoms with E-state index in [9.17, 15) is 13.2 Å². The summed E-state index contributed by atoms with van der Waals surface area (Å²) in [6, 6.07) is 18.4. The van der Waals surface area contributed by atoms with Gasteiger partial charge in [0, 0.05) is 22.4 Å². The quantitative estimate of drug-likeness (QED) is 0.402. The number of rotatable bonds is 7. The van der Waals surface area contributed by atoms with Gasteiger partial charge in [0.05, 0.1) is 17.5 Å². The molecule has 5 nitrogen and oxygen atoms in total. The number of hydrogen-bond donors (Lipinski definition) is 0. The van der Waals surface area contributed by atoms with Gasteiger partial charge in [-0.1, -0.05) is 60.1 Å². The monoisotopic (exact) mass is 546 g/mol. The summed E-state index contributed by atoms with van der Waals surface area (Å²) in [4.78, 5) is 17.0. The molecule has 1 aliphatic rings. The zero-order chi connectivity index (χ0) is 23.6. The Labute approximate surface area is 208 Å². The van der Waals surface area contributed by atoms with Crippen LogP contribution in [0.15, 0.2) is 75.4 Å². The molecule has 0 saturated heterocycles. The number of halogens is 1. The zero-order valence-electron chi connectivity index (χ0n) is 18.6. The van der Waals surface area contributed by atoms with Gasteiger partial charge in [-0.3, -0.25) is 4.79 Å². The Morgan fingerprint density at radius 2 is 1.82 bits per heavy atom. The lowest BCUT2D eigenvalue weighted by Crippen LogP contribution is -2.47. The van der Waals surface area contributed by atoms with E-state index in [0.29, 0.717) is 6.54 Å². The largest absolute Gasteiger partial charge is 0.330 e. The summed E-state index contributed by atoms with van der Waals surface area (Å²) in [5, 5.41) is 2.07. The molecule has 1 aromatic heterocycles. The fourth-order valence-corrected chi connectivity index (χ4v) is 6.95. The fourth-order valence-electron chi connectivity index (χ4n) is 4.23. The molecule has 2 heterocycles. The third-order valence-corrected chi connectivity index (χ3v) is 9.08. The first-order valence-electron chi connectivity index (χ1n) is 10.9. The summed E-state index contributed by atoms with van der Waals surface area (Å²) in [6.45, 7) is 4.58. The van der Waals surface area contributed by atoms with Crippen LogP contribution >= 0.6 is 27.3 Å². The molecule has 1 unspecified atom stereocenters. The van der Waals surface area contributed by atoms with Gasteiger partial charge >= 0.3 is 0 Å². The number of sulfonamides is 1. The molecular formula is C25H27BrN2O3S2. The summed E-state index contributed by atoms with van der Waals surface area (Å²) in [7, 11) is -3.81. The molecule has 1 atom stereocenters. The van der Waals surface area contributed by atoms with E-state index in [2.05, 4.69) is 27.4 Å². The molecule has 2 aromatic carbocycles. The predicted octanol–water partition coefficient (Wildman–Crippen LogP) is 5.33. The molecular weight excluding hydrogens is 520 g/mol. The van der Waals surface area contributed by atoms with E-state index in [1.165, 1.54) is 9.18 Å². The maximum absolute atomic E-state index is 13.7. The first-order valence-corrected chi connectivity index (χ1v) is 14.0. The molecule has 0 radical (unpaired) electrons. The van der Waals surface area contributed by atoms with Crippen LogP contribution in [0.1, 0.15) is 35.9 Å². The molecule has 0 bridgehead atoms. The van der Waals surface area contributed by atoms with Gasteiger partial charge in [0.25, 0.3) is 0 Å². The zero-order valence-corrected chi connectivity index (χ0v) is 21.9. The Morgan fingerprint density at radius 1 is 1.12 bits per heavy atom. The maximum atomic E-state index is 13.7. The van der Waals surface area contributed by atoms with Crippen molar-refractivity contribution >= 4 is 43.2 Å². The Morgan fingerprint density at radius 3 is 2.48 bits per heavy atom. The van der Waals surface area contributed by atoms with Crippen molar-refractivity contribution in [2.24, 2.45) is 5.92 Å². The Kier molecular flexibility index (Phi) is 7.38. The third kappa shape index (κ3) is 5.24. The molecule has 1 amide bonds. The van der Waals surface area contributed by atoms with Crippen molar-refractivity contribution in [1.29, 1.82) is 0 Å². The van der Waals surface area contributed by atoms with Crippen molar-refractivity contribution in [3.63, 3.8) is 0 Å². The normalized spacial score (nSPS) is 16.3. The van der Waals surface area contributed by atoms with E-state index in [1.807, 2.05) is 49.1 Å². The lowest BCUT2D eigenvalue weighted by molar-refractivity contribution is -0.133. The first kappa shape index (κ1) is 24.1. The summed E-state index contributed by atoms with van der Waals surface area (Å²) in [5.41, 5.74) is 2.17. The molecule has 0 spiro atoms. The lowest BCUT2D eigenvalue weighted by Gasteiger charge is -2.37. The molecule has 0 N–H and O–H groups in total. The summed E-state index contributed by atoms with van der Waals surface area (Å²) in [5.74, 6) is -0.0974. The van der Waals surface area contributed by atoms with E-state index in [1.54, 1.807) is 35.6 Å². The summed E-state index contributed by atoms with van der Waals surface area (Å²) >= 11 is 5.07. The van der Waals surface area contributed by atoms with Crippen molar-refractivity contribution in [2.45, 2.75) is 31.2 Å². The number of hydrogen-bond acceptors (Lipinski definition) is 4. The molecule has 0 fully saturated rings. The average Bonchev–Trinajstić information content (AvgIpc) is 3.27. The van der Waals surface area contributed by atoms with Gasteiger partial charge in [-0.15, -0.1) is 11.3 Å². The topological polar surface area (TPSA) is 57.7 Å². The van der Waals surface area contributed by atoms with Crippen LogP contribution in [0.3, 0.4) is 0 Å². The van der Waals surface area contributed by atoms with Crippen LogP contribution in [0.25, 0.3) is 0 Å². The maximum Gasteiger partial charge on any atom is 0.243 e. The first-order chi connectivity index (χ1) is 15.8. The molecule has 3 aromatic rings. The van der Waals surface area contributed by atoms with Crippen LogP contribution in [0.4, 0.5) is 0 Å². The average molecular weight is 548 g/mol. The van der Waals surface area contributed by atoms with Crippen LogP contribution in [-0.4, -0.2) is 43.2 Å². The standard InChI is InChI=1S/C25H27BrN2O3S2/c1-18(2)16-27(33(30,31)21-10-8-20(26)9-11-21)17-24(29)28-14-12-23-22(13-15-32-23)25(28)19-6-4-3-5-7-19/h3-11,13,15,18,25H,12,14,16-17H2,1-2H3. The van der Waals surface area contributed by atoms with Gasteiger partial charge in [0.15, 0.2) is 0 Å². The second-order valence-electron chi connectivity index (χ2n) is 8.59. The minimum absolute atomic E-state index is 0.0813. The number of amides is 1. The van der Waals surface area contributed by atoms with Crippen LogP contribution in [-0.2, 0) is 21.2 Å². The van der Waals surface area contributed by atoms with Crippen molar-refractivity contribution in [3.05, 3.63) is 86.5 Å². The minimum atomic E-state index is -3.81. The SMILES string of the molecule is CC(C)CN(CC(=O)N1CCc2sccc2C1c1ccccc1)S(=O)(=O)c1ccc(Br)cc1. The number of nitrogens with zero attached hydrogens (tertiary/aromatic N) is 2. The van der Waals surface area contributed by atoms with Crippen molar-refractivity contribution in [1.82, 2.24) is 9.21 Å². The number of carbonyl (C=O) groups is 1. The lowest BCUT2D eigenvalue weighted by atomic mass is 9.93. The number of thiophene rings is 1. The van der Waals surface area contributed by atoms with Gasteiger partial charge in [-0.25, -0.2) is 8.42 Å². The number of benzene rings is 2. The molecule has 4 rings (SSSR count).